The number of hydrogen-bond acceptors (Lipinski definition) is 6. The number of thiophene rings is 1. The molecule has 0 aliphatic carbocycles. The quantitative estimate of drug-likeness (QED) is 0.345. The molecule has 0 spiro atoms. The van der Waals surface area contributed by atoms with Crippen LogP contribution in [-0.4, -0.2) is 25.6 Å². The number of fused-ring (bicyclic) bond motifs is 1. The number of nitrogens with one attached hydrogen (secondary N) is 2. The summed E-state index contributed by atoms with van der Waals surface area (Å²) in [5, 5.41) is 6.19. The largest absolute Gasteiger partial charge is 0.383 e. The number of amides is 2. The molecule has 10 heteroatoms. The molecule has 33 heavy (non-hydrogen) atoms. The van der Waals surface area contributed by atoms with Crippen molar-refractivity contribution >= 4 is 44.8 Å². The summed E-state index contributed by atoms with van der Waals surface area (Å²) in [6.45, 7) is 0. The Balaban J connectivity index is 1.44. The van der Waals surface area contributed by atoms with Gasteiger partial charge in [-0.1, -0.05) is 18.2 Å². The number of halogens is 1. The van der Waals surface area contributed by atoms with Crippen molar-refractivity contribution in [3.05, 3.63) is 73.1 Å². The Kier molecular flexibility index (Phi) is 5.19. The lowest BCUT2D eigenvalue weighted by Gasteiger charge is -2.09. The Morgan fingerprint density at radius 3 is 2.55 bits per heavy atom. The molecule has 5 aromatic rings. The highest BCUT2D eigenvalue weighted by Gasteiger charge is 2.18. The Bertz CT molecular complexity index is 1490. The molecule has 0 aliphatic heterocycles. The van der Waals surface area contributed by atoms with Crippen LogP contribution in [0.4, 0.5) is 26.4 Å². The van der Waals surface area contributed by atoms with E-state index in [9.17, 15) is 9.18 Å². The van der Waals surface area contributed by atoms with Crippen molar-refractivity contribution in [1.29, 1.82) is 0 Å². The van der Waals surface area contributed by atoms with E-state index < -0.39 is 11.8 Å². The van der Waals surface area contributed by atoms with Gasteiger partial charge in [-0.15, -0.1) is 11.3 Å². The van der Waals surface area contributed by atoms with Gasteiger partial charge in [-0.3, -0.25) is 0 Å². The maximum absolute atomic E-state index is 13.4. The summed E-state index contributed by atoms with van der Waals surface area (Å²) in [6, 6.07) is 14.5. The van der Waals surface area contributed by atoms with E-state index in [-0.39, 0.29) is 0 Å². The lowest BCUT2D eigenvalue weighted by molar-refractivity contribution is 0.262. The zero-order valence-corrected chi connectivity index (χ0v) is 18.2. The first kappa shape index (κ1) is 20.6. The number of carbonyl (C=O) groups is 1. The zero-order chi connectivity index (χ0) is 22.9. The smallest absolute Gasteiger partial charge is 0.323 e. The van der Waals surface area contributed by atoms with Crippen molar-refractivity contribution < 1.29 is 9.18 Å². The van der Waals surface area contributed by atoms with Gasteiger partial charge in [0.15, 0.2) is 0 Å². The second-order valence-corrected chi connectivity index (χ2v) is 8.34. The van der Waals surface area contributed by atoms with Gasteiger partial charge in [0.1, 0.15) is 22.8 Å². The van der Waals surface area contributed by atoms with Crippen LogP contribution in [0.3, 0.4) is 0 Å². The van der Waals surface area contributed by atoms with E-state index in [4.69, 9.17) is 5.73 Å². The molecule has 0 saturated heterocycles. The second-order valence-electron chi connectivity index (χ2n) is 7.31. The number of urea groups is 1. The molecule has 3 aromatic heterocycles. The Morgan fingerprint density at radius 1 is 1.03 bits per heavy atom. The van der Waals surface area contributed by atoms with E-state index in [0.29, 0.717) is 17.2 Å². The molecule has 3 heterocycles. The minimum Gasteiger partial charge on any atom is -0.383 e. The summed E-state index contributed by atoms with van der Waals surface area (Å²) in [4.78, 5) is 27.1. The van der Waals surface area contributed by atoms with Crippen molar-refractivity contribution in [3.8, 4) is 21.8 Å². The molecule has 2 amide bonds. The number of aryl methyl sites for hydroxylation is 1. The monoisotopic (exact) mass is 459 g/mol. The highest BCUT2D eigenvalue weighted by molar-refractivity contribution is 7.21. The van der Waals surface area contributed by atoms with E-state index in [1.165, 1.54) is 35.9 Å². The van der Waals surface area contributed by atoms with Gasteiger partial charge in [-0.05, 0) is 36.4 Å². The van der Waals surface area contributed by atoms with Crippen LogP contribution in [0.1, 0.15) is 0 Å². The predicted octanol–water partition coefficient (Wildman–Crippen LogP) is 5.12. The van der Waals surface area contributed by atoms with Gasteiger partial charge < -0.3 is 20.9 Å². The third-order valence-electron chi connectivity index (χ3n) is 5.01. The number of nitrogens with two attached hydrogens (primary N) is 1. The maximum atomic E-state index is 13.4. The standard InChI is InChI=1S/C23H18FN7OS/c1-31-12-28-19(20(31)18-10-17-21(25)26-11-27-22(17)33-18)13-4-2-6-15(8-13)29-23(32)30-16-7-3-5-14(24)9-16/h2-12H,1H3,(H2,25,26,27)(H2,29,30,32). The number of carbonyl (C=O) groups excluding carboxylic acids is 1. The van der Waals surface area contributed by atoms with Crippen LogP contribution in [-0.2, 0) is 7.05 Å². The molecular formula is C23H18FN7OS. The predicted molar refractivity (Wildman–Crippen MR) is 129 cm³/mol. The topological polar surface area (TPSA) is 111 Å². The molecule has 0 aliphatic rings. The van der Waals surface area contributed by atoms with Gasteiger partial charge in [0.05, 0.1) is 28.0 Å². The van der Waals surface area contributed by atoms with Crippen molar-refractivity contribution in [2.24, 2.45) is 7.05 Å². The molecule has 0 radical (unpaired) electrons. The molecule has 4 N–H and O–H groups in total. The van der Waals surface area contributed by atoms with Gasteiger partial charge in [0.2, 0.25) is 0 Å². The number of hydrogen-bond donors (Lipinski definition) is 3. The maximum Gasteiger partial charge on any atom is 0.323 e. The molecule has 0 bridgehead atoms. The first-order chi connectivity index (χ1) is 16.0. The third-order valence-corrected chi connectivity index (χ3v) is 6.06. The van der Waals surface area contributed by atoms with Crippen LogP contribution in [0.15, 0.2) is 67.3 Å². The molecule has 8 nitrogen and oxygen atoms in total. The normalized spacial score (nSPS) is 11.0. The lowest BCUT2D eigenvalue weighted by atomic mass is 10.1. The fraction of sp³-hybridized carbons (Fsp3) is 0.0435. The van der Waals surface area contributed by atoms with Gasteiger partial charge in [0.25, 0.3) is 0 Å². The van der Waals surface area contributed by atoms with Crippen molar-refractivity contribution in [1.82, 2.24) is 19.5 Å². The number of benzene rings is 2. The fourth-order valence-electron chi connectivity index (χ4n) is 3.53. The molecular weight excluding hydrogens is 441 g/mol. The average Bonchev–Trinajstić information content (AvgIpc) is 3.38. The minimum atomic E-state index is -0.474. The SMILES string of the molecule is Cn1cnc(-c2cccc(NC(=O)Nc3cccc(F)c3)c2)c1-c1cc2c(N)ncnc2s1. The third kappa shape index (κ3) is 4.11. The highest BCUT2D eigenvalue weighted by Crippen LogP contribution is 2.39. The summed E-state index contributed by atoms with van der Waals surface area (Å²) in [7, 11) is 1.92. The number of anilines is 3. The Morgan fingerprint density at radius 2 is 1.79 bits per heavy atom. The molecule has 0 atom stereocenters. The lowest BCUT2D eigenvalue weighted by Crippen LogP contribution is -2.19. The highest BCUT2D eigenvalue weighted by atomic mass is 32.1. The fourth-order valence-corrected chi connectivity index (χ4v) is 4.62. The Labute approximate surface area is 191 Å². The van der Waals surface area contributed by atoms with Crippen LogP contribution in [0.25, 0.3) is 32.0 Å². The molecule has 164 valence electrons. The molecule has 0 saturated carbocycles. The first-order valence-corrected chi connectivity index (χ1v) is 10.8. The first-order valence-electron chi connectivity index (χ1n) is 9.93. The number of rotatable bonds is 4. The molecule has 0 fully saturated rings. The van der Waals surface area contributed by atoms with Crippen LogP contribution in [0, 0.1) is 5.82 Å². The van der Waals surface area contributed by atoms with Crippen LogP contribution in [0.2, 0.25) is 0 Å². The summed E-state index contributed by atoms with van der Waals surface area (Å²) < 4.78 is 15.3. The minimum absolute atomic E-state index is 0.364. The number of nitrogens with zero attached hydrogens (tertiary/aromatic N) is 4. The molecule has 2 aromatic carbocycles. The summed E-state index contributed by atoms with van der Waals surface area (Å²) in [6.07, 6.45) is 3.19. The van der Waals surface area contributed by atoms with Crippen molar-refractivity contribution in [3.63, 3.8) is 0 Å². The second kappa shape index (κ2) is 8.32. The Hall–Kier alpha value is -4.31. The molecule has 5 rings (SSSR count). The zero-order valence-electron chi connectivity index (χ0n) is 17.4. The van der Waals surface area contributed by atoms with Gasteiger partial charge >= 0.3 is 6.03 Å². The van der Waals surface area contributed by atoms with E-state index in [0.717, 1.165) is 32.0 Å². The number of imidazole rings is 1. The number of nitrogen functional groups attached to an aromatic ring is 1. The molecule has 0 unspecified atom stereocenters. The van der Waals surface area contributed by atoms with Gasteiger partial charge in [0, 0.05) is 24.0 Å². The summed E-state index contributed by atoms with van der Waals surface area (Å²) in [5.74, 6) is 0.00757. The summed E-state index contributed by atoms with van der Waals surface area (Å²) in [5.41, 5.74) is 9.42. The number of aromatic nitrogens is 4. The summed E-state index contributed by atoms with van der Waals surface area (Å²) >= 11 is 1.51. The van der Waals surface area contributed by atoms with Crippen LogP contribution in [0.5, 0.6) is 0 Å². The van der Waals surface area contributed by atoms with Crippen molar-refractivity contribution in [2.45, 2.75) is 0 Å². The van der Waals surface area contributed by atoms with Gasteiger partial charge in [-0.2, -0.15) is 0 Å². The van der Waals surface area contributed by atoms with Gasteiger partial charge in [-0.25, -0.2) is 24.1 Å². The van der Waals surface area contributed by atoms with Crippen LogP contribution < -0.4 is 16.4 Å². The van der Waals surface area contributed by atoms with E-state index in [1.807, 2.05) is 35.9 Å². The van der Waals surface area contributed by atoms with E-state index >= 15 is 0 Å². The van der Waals surface area contributed by atoms with Crippen LogP contribution >= 0.6 is 11.3 Å². The van der Waals surface area contributed by atoms with E-state index in [1.54, 1.807) is 18.5 Å². The van der Waals surface area contributed by atoms with E-state index in [2.05, 4.69) is 25.6 Å². The average molecular weight is 460 g/mol. The van der Waals surface area contributed by atoms with Crippen molar-refractivity contribution in [2.75, 3.05) is 16.4 Å².